The fraction of sp³-hybridized carbons (Fsp3) is 0.686. The third kappa shape index (κ3) is 34.3. The number of carbonyl (C=O) groups excluding carboxylic acids is 13. The minimum atomic E-state index is -1.37. The highest BCUT2D eigenvalue weighted by Gasteiger charge is 2.45. The Kier molecular flexibility index (Phi) is 46.5. The van der Waals surface area contributed by atoms with Crippen molar-refractivity contribution in [3.63, 3.8) is 0 Å². The molecule has 1 unspecified atom stereocenters. The zero-order valence-electron chi connectivity index (χ0n) is 74.0. The maximum absolute atomic E-state index is 14.9. The number of thioether (sulfide) groups is 1. The summed E-state index contributed by atoms with van der Waals surface area (Å²) in [5, 5.41) is 52.0. The number of nitrogens with two attached hydrogens (primary N) is 1. The molecule has 0 aromatic heterocycles. The number of carboxylic acid groups (broad SMARTS) is 2. The maximum Gasteiger partial charge on any atom is 0.410 e. The molecule has 0 spiro atoms. The van der Waals surface area contributed by atoms with Crippen molar-refractivity contribution < 1.29 is 101 Å². The number of urea groups is 1. The molecular formula is C86H138N14O21S. The molecule has 2 saturated heterocycles. The molecule has 684 valence electrons. The van der Waals surface area contributed by atoms with Crippen LogP contribution < -0.4 is 48.3 Å². The molecular weight excluding hydrogens is 1600 g/mol. The van der Waals surface area contributed by atoms with Crippen molar-refractivity contribution in [1.29, 1.82) is 0 Å². The number of rotatable bonds is 57. The van der Waals surface area contributed by atoms with E-state index in [1.807, 2.05) is 19.9 Å². The van der Waals surface area contributed by atoms with E-state index < -0.39 is 168 Å². The normalized spacial score (nSPS) is 17.0. The van der Waals surface area contributed by atoms with Crippen molar-refractivity contribution in [3.8, 4) is 0 Å². The topological polar surface area (TPSA) is 483 Å². The Morgan fingerprint density at radius 1 is 0.639 bits per heavy atom. The Balaban J connectivity index is 1.40. The van der Waals surface area contributed by atoms with Gasteiger partial charge in [0.25, 0.3) is 0 Å². The lowest BCUT2D eigenvalue weighted by atomic mass is 9.89. The second kappa shape index (κ2) is 54.2. The number of hydrogen-bond acceptors (Lipinski definition) is 21. The van der Waals surface area contributed by atoms with Crippen LogP contribution in [0.15, 0.2) is 54.6 Å². The van der Waals surface area contributed by atoms with Gasteiger partial charge in [0.1, 0.15) is 30.8 Å². The highest BCUT2D eigenvalue weighted by Crippen LogP contribution is 2.32. The Hall–Kier alpha value is -9.52. The molecule has 14 atom stereocenters. The number of nitrogens with one attached hydrogen (secondary N) is 8. The van der Waals surface area contributed by atoms with E-state index in [-0.39, 0.29) is 125 Å². The first-order valence-corrected chi connectivity index (χ1v) is 43.9. The number of carbonyl (C=O) groups is 15. The van der Waals surface area contributed by atoms with Gasteiger partial charge in [0, 0.05) is 105 Å². The molecule has 2 heterocycles. The van der Waals surface area contributed by atoms with Gasteiger partial charge in [-0.25, -0.2) is 9.59 Å². The lowest BCUT2D eigenvalue weighted by molar-refractivity contribution is -0.148. The van der Waals surface area contributed by atoms with E-state index in [2.05, 4.69) is 49.5 Å². The number of anilines is 1. The van der Waals surface area contributed by atoms with Crippen molar-refractivity contribution in [2.45, 2.75) is 270 Å². The van der Waals surface area contributed by atoms with Crippen LogP contribution in [0.3, 0.4) is 0 Å². The van der Waals surface area contributed by atoms with Gasteiger partial charge in [-0.05, 0) is 112 Å². The Morgan fingerprint density at radius 3 is 1.82 bits per heavy atom. The van der Waals surface area contributed by atoms with Gasteiger partial charge in [0.2, 0.25) is 65.0 Å². The summed E-state index contributed by atoms with van der Waals surface area (Å²) in [5.41, 5.74) is 6.66. The molecule has 2 fully saturated rings. The molecule has 4 rings (SSSR count). The number of aliphatic carboxylic acids is 2. The summed E-state index contributed by atoms with van der Waals surface area (Å²) < 4.78 is 17.8. The predicted molar refractivity (Wildman–Crippen MR) is 460 cm³/mol. The van der Waals surface area contributed by atoms with Crippen LogP contribution in [-0.2, 0) is 83.1 Å². The molecule has 0 bridgehead atoms. The number of likely N-dealkylation sites (N-methyl/N-ethyl adjacent to an activating group) is 2. The van der Waals surface area contributed by atoms with E-state index in [9.17, 15) is 87.2 Å². The van der Waals surface area contributed by atoms with Crippen molar-refractivity contribution in [1.82, 2.24) is 61.7 Å². The summed E-state index contributed by atoms with van der Waals surface area (Å²) >= 11 is 1.28. The molecule has 2 aromatic rings. The number of likely N-dealkylation sites (tertiary alicyclic amines) is 2. The van der Waals surface area contributed by atoms with Crippen LogP contribution in [0, 0.1) is 29.6 Å². The molecule has 13 N–H and O–H groups in total. The fourth-order valence-electron chi connectivity index (χ4n) is 15.2. The lowest BCUT2D eigenvalue weighted by Crippen LogP contribution is -2.60. The maximum atomic E-state index is 14.9. The second-order valence-electron chi connectivity index (χ2n) is 32.8. The van der Waals surface area contributed by atoms with Gasteiger partial charge < -0.3 is 87.6 Å². The lowest BCUT2D eigenvalue weighted by Gasteiger charge is -2.41. The zero-order valence-corrected chi connectivity index (χ0v) is 74.8. The van der Waals surface area contributed by atoms with Crippen LogP contribution in [0.4, 0.5) is 15.3 Å². The number of aliphatic hydroxyl groups is 1. The molecule has 14 amide bonds. The van der Waals surface area contributed by atoms with E-state index in [1.165, 1.54) is 59.9 Å². The average molecular weight is 1740 g/mol. The molecule has 2 aliphatic heterocycles. The minimum Gasteiger partial charge on any atom is -0.481 e. The van der Waals surface area contributed by atoms with Gasteiger partial charge in [0.15, 0.2) is 0 Å². The van der Waals surface area contributed by atoms with Gasteiger partial charge in [0.05, 0.1) is 72.9 Å². The number of nitrogens with zero attached hydrogens (tertiary/aromatic N) is 5. The largest absolute Gasteiger partial charge is 0.481 e. The quantitative estimate of drug-likeness (QED) is 0.0273. The highest BCUT2D eigenvalue weighted by molar-refractivity contribution is 8.00. The number of unbranched alkanes of at least 4 members (excludes halogenated alkanes) is 4. The summed E-state index contributed by atoms with van der Waals surface area (Å²) in [7, 11) is 6.00. The molecule has 0 saturated carbocycles. The molecule has 2 aliphatic rings. The van der Waals surface area contributed by atoms with Crippen LogP contribution >= 0.6 is 11.8 Å². The van der Waals surface area contributed by atoms with Gasteiger partial charge in [-0.3, -0.25) is 77.0 Å². The van der Waals surface area contributed by atoms with Crippen LogP contribution in [0.1, 0.15) is 209 Å². The predicted octanol–water partition coefficient (Wildman–Crippen LogP) is 5.84. The molecule has 36 heteroatoms. The summed E-state index contributed by atoms with van der Waals surface area (Å²) in [6.45, 7) is 20.1. The van der Waals surface area contributed by atoms with Gasteiger partial charge in [-0.1, -0.05) is 131 Å². The smallest absolute Gasteiger partial charge is 0.410 e. The average Bonchev–Trinajstić information content (AvgIpc) is 1.70. The minimum absolute atomic E-state index is 0.000564. The van der Waals surface area contributed by atoms with E-state index in [1.54, 1.807) is 104 Å². The number of hydrogen-bond donors (Lipinski definition) is 12. The molecule has 0 aliphatic carbocycles. The van der Waals surface area contributed by atoms with Gasteiger partial charge in [-0.15, -0.1) is 11.8 Å². The number of carboxylic acids is 2. The molecule has 0 radical (unpaired) electrons. The Morgan fingerprint density at radius 2 is 1.25 bits per heavy atom. The fourth-order valence-corrected chi connectivity index (χ4v) is 16.3. The van der Waals surface area contributed by atoms with Crippen LogP contribution in [0.2, 0.25) is 0 Å². The van der Waals surface area contributed by atoms with E-state index in [4.69, 9.17) is 19.9 Å². The third-order valence-corrected chi connectivity index (χ3v) is 23.7. The number of imide groups is 1. The first-order valence-electron chi connectivity index (χ1n) is 42.9. The number of methoxy groups -OCH3 is 2. The SMILES string of the molecule is CCCCCNC(=O)CCSC1CC(=O)N(CCCCCNC(=O)CC[C@@H](C(=O)N[C@H](C(=O)N[C@@H](CCCNC(N)=O)C(=O)Nc2ccc(COC(=O)N(C)[C@H](C(=O)N[C@H](C(=O)N(C)[C@@H]([C@@H](C)CC)[C@@H](CC(=O)N3CCC[C@H]3[C@H](OC)[C@@H](C)C(=O)N[C@H](C)[C@@H](O)c3ccccc3)OC)C(C)C)C(C)C)cc2)C(C)C)N(CCC(=O)O)CCC(=O)O)C1=O. The number of ether oxygens (including phenoxy) is 3. The van der Waals surface area contributed by atoms with Crippen LogP contribution in [0.25, 0.3) is 0 Å². The van der Waals surface area contributed by atoms with Crippen molar-refractivity contribution in [2.75, 3.05) is 85.2 Å². The van der Waals surface area contributed by atoms with E-state index >= 15 is 0 Å². The molecule has 122 heavy (non-hydrogen) atoms. The second-order valence-corrected chi connectivity index (χ2v) is 34.1. The van der Waals surface area contributed by atoms with Crippen molar-refractivity contribution in [2.24, 2.45) is 35.3 Å². The summed E-state index contributed by atoms with van der Waals surface area (Å²) in [4.78, 5) is 209. The molecule has 35 nitrogen and oxygen atoms in total. The Labute approximate surface area is 722 Å². The summed E-state index contributed by atoms with van der Waals surface area (Å²) in [5.74, 6) is -9.95. The van der Waals surface area contributed by atoms with Gasteiger partial charge in [-0.2, -0.15) is 0 Å². The van der Waals surface area contributed by atoms with Crippen molar-refractivity contribution >= 4 is 106 Å². The van der Waals surface area contributed by atoms with Crippen LogP contribution in [-0.4, -0.2) is 275 Å². The first kappa shape index (κ1) is 105. The Bertz CT molecular complexity index is 3710. The van der Waals surface area contributed by atoms with Crippen molar-refractivity contribution in [3.05, 3.63) is 65.7 Å². The number of amides is 14. The number of primary amides is 1. The summed E-state index contributed by atoms with van der Waals surface area (Å²) in [6, 6.07) is 6.27. The van der Waals surface area contributed by atoms with E-state index in [0.717, 1.165) is 24.2 Å². The third-order valence-electron chi connectivity index (χ3n) is 22.5. The highest BCUT2D eigenvalue weighted by atomic mass is 32.2. The van der Waals surface area contributed by atoms with Crippen LogP contribution in [0.5, 0.6) is 0 Å². The number of benzene rings is 2. The zero-order chi connectivity index (χ0) is 91.0. The van der Waals surface area contributed by atoms with E-state index in [0.29, 0.717) is 68.5 Å². The number of aliphatic hydroxyl groups excluding tert-OH is 1. The first-order chi connectivity index (χ1) is 57.8. The molecule has 2 aromatic carbocycles. The monoisotopic (exact) mass is 1730 g/mol. The standard InChI is InChI=1S/C86H138N14O21S/c1-16-18-23-41-89-67(102)40-48-122-65-50-69(104)100(83(65)115)44-25-20-24-42-88-66(101)37-36-63(98(46-38-70(105)106)47-39-71(107)108)80(112)94-72(52(3)4)81(113)93-61(30-26-43-90-85(87)117)79(111)92-60-34-32-58(33-35-60)51-121-86(118)97(13)74(54(7)8)82(114)95-73(53(5)6)84(116)96(12)75(55(9)17-2)64(119-14)49-68(103)99-45-27-31-62(99)77(120-15)56(10)78(110)91-57(11)76(109)59-28-21-19-22-29-59/h19,21-22,28-29,32-35,52-57,61-65,72-77,109H,16-18,20,23-27,30-31,36-51H2,1-15H3,(H,88,101)(H,89,102)(H,91,110)(H,92,111)(H,93,113)(H,94,112)(H,95,114)(H,105,106)(H,107,108)(H3,87,90,117)/t55-,56+,57+,61-,62-,63-,64+,65?,72-,73-,74-,75-,76+,77+/m0/s1. The summed E-state index contributed by atoms with van der Waals surface area (Å²) in [6.07, 6.45) is 1.48. The van der Waals surface area contributed by atoms with Gasteiger partial charge >= 0.3 is 24.1 Å².